The van der Waals surface area contributed by atoms with Crippen LogP contribution in [0.1, 0.15) is 19.2 Å². The summed E-state index contributed by atoms with van der Waals surface area (Å²) in [6.45, 7) is 3.73. The third-order valence-electron chi connectivity index (χ3n) is 3.66. The zero-order chi connectivity index (χ0) is 15.4. The van der Waals surface area contributed by atoms with Crippen molar-refractivity contribution < 1.29 is 4.74 Å². The molecule has 22 heavy (non-hydrogen) atoms. The predicted molar refractivity (Wildman–Crippen MR) is 90.7 cm³/mol. The molecule has 4 heteroatoms. The Labute approximate surface area is 135 Å². The fourth-order valence-corrected chi connectivity index (χ4v) is 2.71. The third-order valence-corrected chi connectivity index (χ3v) is 3.91. The van der Waals surface area contributed by atoms with Crippen molar-refractivity contribution in [3.8, 4) is 5.75 Å². The zero-order valence-corrected chi connectivity index (χ0v) is 13.4. The van der Waals surface area contributed by atoms with E-state index in [1.54, 1.807) is 0 Å². The normalized spacial score (nSPS) is 11.0. The summed E-state index contributed by atoms with van der Waals surface area (Å²) in [5.74, 6) is 1.99. The Bertz CT molecular complexity index is 749. The lowest BCUT2D eigenvalue weighted by atomic mass is 10.3. The highest BCUT2D eigenvalue weighted by atomic mass is 35.5. The Morgan fingerprint density at radius 2 is 1.86 bits per heavy atom. The Morgan fingerprint density at radius 3 is 2.64 bits per heavy atom. The first-order valence-electron chi connectivity index (χ1n) is 7.60. The Hall–Kier alpha value is -2.00. The topological polar surface area (TPSA) is 27.1 Å². The van der Waals surface area contributed by atoms with E-state index in [9.17, 15) is 0 Å². The van der Waals surface area contributed by atoms with Crippen LogP contribution in [0.5, 0.6) is 5.75 Å². The van der Waals surface area contributed by atoms with Crippen LogP contribution in [-0.4, -0.2) is 16.2 Å². The molecule has 0 fully saturated rings. The maximum Gasteiger partial charge on any atom is 0.119 e. The molecule has 0 saturated carbocycles. The number of para-hydroxylation sites is 2. The Balaban J connectivity index is 1.63. The molecule has 3 nitrogen and oxygen atoms in total. The minimum absolute atomic E-state index is 0.678. The molecular formula is C18H19ClN2O. The molecule has 0 aliphatic heterocycles. The molecule has 0 bridgehead atoms. The van der Waals surface area contributed by atoms with Gasteiger partial charge in [0.05, 0.1) is 17.6 Å². The molecule has 0 aliphatic rings. The smallest absolute Gasteiger partial charge is 0.119 e. The fraction of sp³-hybridized carbons (Fsp3) is 0.278. The van der Waals surface area contributed by atoms with E-state index in [4.69, 9.17) is 16.3 Å². The summed E-state index contributed by atoms with van der Waals surface area (Å²) in [6, 6.07) is 15.8. The molecule has 0 spiro atoms. The molecule has 2 aromatic carbocycles. The summed E-state index contributed by atoms with van der Waals surface area (Å²) < 4.78 is 8.04. The summed E-state index contributed by atoms with van der Waals surface area (Å²) >= 11 is 5.86. The molecule has 0 atom stereocenters. The van der Waals surface area contributed by atoms with E-state index in [-0.39, 0.29) is 0 Å². The van der Waals surface area contributed by atoms with Crippen LogP contribution in [0, 0.1) is 0 Å². The monoisotopic (exact) mass is 314 g/mol. The molecule has 0 N–H and O–H groups in total. The number of rotatable bonds is 6. The minimum Gasteiger partial charge on any atom is -0.494 e. The Morgan fingerprint density at radius 1 is 1.09 bits per heavy atom. The van der Waals surface area contributed by atoms with Gasteiger partial charge in [0.15, 0.2) is 0 Å². The van der Waals surface area contributed by atoms with E-state index >= 15 is 0 Å². The quantitative estimate of drug-likeness (QED) is 0.615. The summed E-state index contributed by atoms with van der Waals surface area (Å²) in [4.78, 5) is 4.69. The van der Waals surface area contributed by atoms with Gasteiger partial charge in [-0.2, -0.15) is 0 Å². The van der Waals surface area contributed by atoms with E-state index in [2.05, 4.69) is 34.7 Å². The number of aryl methyl sites for hydroxylation is 2. The van der Waals surface area contributed by atoms with Gasteiger partial charge in [-0.1, -0.05) is 30.7 Å². The molecule has 0 amide bonds. The van der Waals surface area contributed by atoms with Crippen molar-refractivity contribution in [3.63, 3.8) is 0 Å². The largest absolute Gasteiger partial charge is 0.494 e. The Kier molecular flexibility index (Phi) is 4.64. The van der Waals surface area contributed by atoms with Gasteiger partial charge in [-0.3, -0.25) is 0 Å². The van der Waals surface area contributed by atoms with Gasteiger partial charge in [0.2, 0.25) is 0 Å². The first kappa shape index (κ1) is 14.9. The molecule has 3 rings (SSSR count). The predicted octanol–water partition coefficient (Wildman–Crippen LogP) is 4.72. The number of ether oxygens (including phenoxy) is 1. The van der Waals surface area contributed by atoms with Gasteiger partial charge in [0, 0.05) is 18.0 Å². The summed E-state index contributed by atoms with van der Waals surface area (Å²) in [5, 5.41) is 0.727. The second-order valence-electron chi connectivity index (χ2n) is 5.18. The van der Waals surface area contributed by atoms with Crippen molar-refractivity contribution in [2.45, 2.75) is 26.3 Å². The molecular weight excluding hydrogens is 296 g/mol. The van der Waals surface area contributed by atoms with Crippen molar-refractivity contribution in [2.24, 2.45) is 0 Å². The molecule has 3 aromatic rings. The molecule has 1 heterocycles. The molecule has 0 aliphatic carbocycles. The van der Waals surface area contributed by atoms with Crippen LogP contribution in [0.2, 0.25) is 5.02 Å². The summed E-state index contributed by atoms with van der Waals surface area (Å²) in [7, 11) is 0. The number of aromatic nitrogens is 2. The van der Waals surface area contributed by atoms with Crippen LogP contribution in [-0.2, 0) is 13.0 Å². The van der Waals surface area contributed by atoms with Crippen LogP contribution >= 0.6 is 11.6 Å². The van der Waals surface area contributed by atoms with Gasteiger partial charge in [-0.25, -0.2) is 4.98 Å². The van der Waals surface area contributed by atoms with Crippen molar-refractivity contribution in [2.75, 3.05) is 6.61 Å². The molecule has 0 unspecified atom stereocenters. The van der Waals surface area contributed by atoms with E-state index in [0.717, 1.165) is 41.5 Å². The molecule has 114 valence electrons. The number of hydrogen-bond donors (Lipinski definition) is 0. The number of hydrogen-bond acceptors (Lipinski definition) is 2. The van der Waals surface area contributed by atoms with Crippen molar-refractivity contribution in [1.82, 2.24) is 9.55 Å². The van der Waals surface area contributed by atoms with Crippen molar-refractivity contribution in [3.05, 3.63) is 59.4 Å². The van der Waals surface area contributed by atoms with Gasteiger partial charge in [0.1, 0.15) is 11.6 Å². The van der Waals surface area contributed by atoms with Gasteiger partial charge in [0.25, 0.3) is 0 Å². The minimum atomic E-state index is 0.678. The summed E-state index contributed by atoms with van der Waals surface area (Å²) in [6.07, 6.45) is 1.88. The highest BCUT2D eigenvalue weighted by Gasteiger charge is 2.08. The second kappa shape index (κ2) is 6.84. The molecule has 0 radical (unpaired) electrons. The van der Waals surface area contributed by atoms with E-state index < -0.39 is 0 Å². The first-order chi connectivity index (χ1) is 10.8. The lowest BCUT2D eigenvalue weighted by molar-refractivity contribution is 0.302. The number of imidazole rings is 1. The lowest BCUT2D eigenvalue weighted by Gasteiger charge is -2.09. The van der Waals surface area contributed by atoms with Crippen LogP contribution in [0.15, 0.2) is 48.5 Å². The summed E-state index contributed by atoms with van der Waals surface area (Å²) in [5.41, 5.74) is 2.27. The van der Waals surface area contributed by atoms with Gasteiger partial charge in [-0.05, 0) is 42.8 Å². The fourth-order valence-electron chi connectivity index (χ4n) is 2.59. The second-order valence-corrected chi connectivity index (χ2v) is 5.61. The highest BCUT2D eigenvalue weighted by Crippen LogP contribution is 2.18. The number of nitrogens with zero attached hydrogens (tertiary/aromatic N) is 2. The van der Waals surface area contributed by atoms with E-state index in [1.807, 2.05) is 30.3 Å². The van der Waals surface area contributed by atoms with Crippen LogP contribution in [0.3, 0.4) is 0 Å². The lowest BCUT2D eigenvalue weighted by Crippen LogP contribution is -2.07. The van der Waals surface area contributed by atoms with Crippen LogP contribution in [0.25, 0.3) is 11.0 Å². The zero-order valence-electron chi connectivity index (χ0n) is 12.6. The van der Waals surface area contributed by atoms with Gasteiger partial charge >= 0.3 is 0 Å². The van der Waals surface area contributed by atoms with E-state index in [0.29, 0.717) is 6.61 Å². The van der Waals surface area contributed by atoms with Gasteiger partial charge in [-0.15, -0.1) is 0 Å². The van der Waals surface area contributed by atoms with Gasteiger partial charge < -0.3 is 9.30 Å². The van der Waals surface area contributed by atoms with Crippen molar-refractivity contribution >= 4 is 22.6 Å². The average molecular weight is 315 g/mol. The average Bonchev–Trinajstić information content (AvgIpc) is 2.91. The maximum atomic E-state index is 5.86. The molecule has 0 saturated heterocycles. The highest BCUT2D eigenvalue weighted by molar-refractivity contribution is 6.30. The van der Waals surface area contributed by atoms with Crippen molar-refractivity contribution in [1.29, 1.82) is 0 Å². The number of fused-ring (bicyclic) bond motifs is 1. The third kappa shape index (κ3) is 3.25. The maximum absolute atomic E-state index is 5.86. The van der Waals surface area contributed by atoms with Crippen LogP contribution < -0.4 is 4.74 Å². The van der Waals surface area contributed by atoms with Crippen LogP contribution in [0.4, 0.5) is 0 Å². The first-order valence-corrected chi connectivity index (χ1v) is 7.98. The SMILES string of the molecule is CCc1nc2ccccc2n1CCCOc1ccc(Cl)cc1. The van der Waals surface area contributed by atoms with E-state index in [1.165, 1.54) is 5.52 Å². The number of benzene rings is 2. The molecule has 1 aromatic heterocycles. The number of halogens is 1. The standard InChI is InChI=1S/C18H19ClN2O/c1-2-18-20-16-6-3-4-7-17(16)21(18)12-5-13-22-15-10-8-14(19)9-11-15/h3-4,6-11H,2,5,12-13H2,1H3.